The summed E-state index contributed by atoms with van der Waals surface area (Å²) in [4.78, 5) is 7.63. The molecule has 0 amide bonds. The summed E-state index contributed by atoms with van der Waals surface area (Å²) in [5, 5.41) is 18.5. The van der Waals surface area contributed by atoms with Crippen LogP contribution in [0.3, 0.4) is 0 Å². The predicted molar refractivity (Wildman–Crippen MR) is 48.8 cm³/mol. The molecule has 0 bridgehead atoms. The zero-order chi connectivity index (χ0) is 9.68. The fourth-order valence-electron chi connectivity index (χ4n) is 0.772. The van der Waals surface area contributed by atoms with Crippen LogP contribution >= 0.6 is 12.2 Å². The van der Waals surface area contributed by atoms with Crippen molar-refractivity contribution in [3.63, 3.8) is 0 Å². The monoisotopic (exact) mass is 188 g/mol. The maximum Gasteiger partial charge on any atom is 0.175 e. The van der Waals surface area contributed by atoms with E-state index in [1.54, 1.807) is 0 Å². The minimum atomic E-state index is -0.850. The summed E-state index contributed by atoms with van der Waals surface area (Å²) in [7, 11) is 0. The van der Waals surface area contributed by atoms with Crippen LogP contribution in [-0.4, -0.2) is 15.3 Å². The molecule has 0 aliphatic carbocycles. The van der Waals surface area contributed by atoms with Crippen LogP contribution in [0.2, 0.25) is 0 Å². The molecule has 0 fully saturated rings. The van der Waals surface area contributed by atoms with E-state index in [0.29, 0.717) is 11.4 Å². The number of hydrogen-bond acceptors (Lipinski definition) is 5. The van der Waals surface area contributed by atoms with E-state index in [1.165, 1.54) is 17.8 Å². The van der Waals surface area contributed by atoms with Crippen molar-refractivity contribution >= 4 is 17.6 Å². The molecule has 0 saturated carbocycles. The van der Waals surface area contributed by atoms with E-state index in [0.717, 1.165) is 0 Å². The molecular weight excluding hydrogens is 184 g/mol. The number of aromatic nitrogens is 2. The van der Waals surface area contributed by atoms with Gasteiger partial charge >= 0.3 is 0 Å². The van der Waals surface area contributed by atoms with Gasteiger partial charge in [-0.15, -0.1) is 0 Å². The molecule has 0 saturated heterocycles. The largest absolute Gasteiger partial charge is 0.239 e. The lowest BCUT2D eigenvalue weighted by atomic mass is 10.1. The molecule has 0 aliphatic heterocycles. The smallest absolute Gasteiger partial charge is 0.175 e. The molecule has 13 heavy (non-hydrogen) atoms. The molecule has 1 heterocycles. The van der Waals surface area contributed by atoms with Gasteiger partial charge in [0, 0.05) is 5.37 Å². The Balaban J connectivity index is 3.10. The van der Waals surface area contributed by atoms with E-state index in [4.69, 9.17) is 10.5 Å². The van der Waals surface area contributed by atoms with E-state index >= 15 is 0 Å². The van der Waals surface area contributed by atoms with Crippen molar-refractivity contribution in [3.8, 4) is 12.1 Å². The Bertz CT molecular complexity index is 387. The van der Waals surface area contributed by atoms with Crippen LogP contribution in [0.15, 0.2) is 12.4 Å². The molecule has 0 N–H and O–H groups in total. The van der Waals surface area contributed by atoms with Gasteiger partial charge in [-0.2, -0.15) is 10.5 Å². The third-order valence-corrected chi connectivity index (χ3v) is 1.63. The molecule has 0 aromatic carbocycles. The highest BCUT2D eigenvalue weighted by atomic mass is 32.1. The van der Waals surface area contributed by atoms with Crippen molar-refractivity contribution in [2.24, 2.45) is 0 Å². The molecule has 4 nitrogen and oxygen atoms in total. The van der Waals surface area contributed by atoms with Gasteiger partial charge < -0.3 is 0 Å². The second-order valence-corrected chi connectivity index (χ2v) is 2.41. The lowest BCUT2D eigenvalue weighted by Gasteiger charge is -1.98. The van der Waals surface area contributed by atoms with E-state index in [1.807, 2.05) is 12.1 Å². The summed E-state index contributed by atoms with van der Waals surface area (Å²) in [5.41, 5.74) is 0.923. The number of rotatable bonds is 2. The number of thiocarbonyl (C=S) groups is 1. The fourth-order valence-corrected chi connectivity index (χ4v) is 0.901. The molecule has 0 aliphatic rings. The second-order valence-electron chi connectivity index (χ2n) is 2.18. The van der Waals surface area contributed by atoms with Gasteiger partial charge in [0.05, 0.1) is 23.5 Å². The first kappa shape index (κ1) is 9.24. The SMILES string of the molecule is N#CC(C#N)c1cc(C=S)ncn1. The van der Waals surface area contributed by atoms with Gasteiger partial charge in [-0.3, -0.25) is 0 Å². The van der Waals surface area contributed by atoms with Gasteiger partial charge in [0.2, 0.25) is 0 Å². The molecule has 0 radical (unpaired) electrons. The van der Waals surface area contributed by atoms with E-state index in [2.05, 4.69) is 22.2 Å². The topological polar surface area (TPSA) is 73.4 Å². The van der Waals surface area contributed by atoms with Gasteiger partial charge in [-0.05, 0) is 6.07 Å². The molecule has 0 atom stereocenters. The van der Waals surface area contributed by atoms with E-state index < -0.39 is 5.92 Å². The minimum absolute atomic E-state index is 0.385. The first-order chi connectivity index (χ1) is 6.31. The summed E-state index contributed by atoms with van der Waals surface area (Å²) < 4.78 is 0. The fraction of sp³-hybridized carbons (Fsp3) is 0.125. The zero-order valence-corrected chi connectivity index (χ0v) is 7.32. The predicted octanol–water partition coefficient (Wildman–Crippen LogP) is 0.955. The van der Waals surface area contributed by atoms with E-state index in [9.17, 15) is 0 Å². The molecule has 5 heteroatoms. The first-order valence-electron chi connectivity index (χ1n) is 3.38. The number of nitriles is 2. The molecule has 1 aromatic rings. The van der Waals surface area contributed by atoms with Gasteiger partial charge in [-0.1, -0.05) is 12.2 Å². The minimum Gasteiger partial charge on any atom is -0.239 e. The van der Waals surface area contributed by atoms with Crippen molar-refractivity contribution in [2.45, 2.75) is 5.92 Å². The van der Waals surface area contributed by atoms with Crippen molar-refractivity contribution in [1.29, 1.82) is 10.5 Å². The normalized spacial score (nSPS) is 8.85. The number of nitrogens with zero attached hydrogens (tertiary/aromatic N) is 4. The van der Waals surface area contributed by atoms with Crippen LogP contribution in [0.5, 0.6) is 0 Å². The summed E-state index contributed by atoms with van der Waals surface area (Å²) in [6, 6.07) is 5.17. The lowest BCUT2D eigenvalue weighted by Crippen LogP contribution is -1.98. The van der Waals surface area contributed by atoms with E-state index in [-0.39, 0.29) is 0 Å². The summed E-state index contributed by atoms with van der Waals surface area (Å²) in [5.74, 6) is -0.850. The Morgan fingerprint density at radius 2 is 2.08 bits per heavy atom. The van der Waals surface area contributed by atoms with Gasteiger partial charge in [0.25, 0.3) is 0 Å². The average molecular weight is 188 g/mol. The Morgan fingerprint density at radius 3 is 2.62 bits per heavy atom. The van der Waals surface area contributed by atoms with Gasteiger partial charge in [-0.25, -0.2) is 9.97 Å². The van der Waals surface area contributed by atoms with Crippen molar-refractivity contribution < 1.29 is 0 Å². The third-order valence-electron chi connectivity index (χ3n) is 1.38. The highest BCUT2D eigenvalue weighted by molar-refractivity contribution is 7.79. The molecular formula is C8H4N4S. The Labute approximate surface area is 80.5 Å². The van der Waals surface area contributed by atoms with Crippen molar-refractivity contribution in [1.82, 2.24) is 9.97 Å². The van der Waals surface area contributed by atoms with Crippen LogP contribution in [-0.2, 0) is 0 Å². The van der Waals surface area contributed by atoms with Crippen LogP contribution in [0.1, 0.15) is 17.3 Å². The molecule has 0 spiro atoms. The standard InChI is InChI=1S/C8H4N4S/c9-2-6(3-10)8-1-7(4-13)11-5-12-8/h1,4-6H. The molecule has 62 valence electrons. The molecule has 1 aromatic heterocycles. The summed E-state index contributed by atoms with van der Waals surface area (Å²) in [6.45, 7) is 0. The second kappa shape index (κ2) is 4.24. The Morgan fingerprint density at radius 1 is 1.38 bits per heavy atom. The van der Waals surface area contributed by atoms with Crippen LogP contribution in [0.4, 0.5) is 0 Å². The maximum atomic E-state index is 8.57. The van der Waals surface area contributed by atoms with Crippen LogP contribution in [0.25, 0.3) is 0 Å². The lowest BCUT2D eigenvalue weighted by molar-refractivity contribution is 0.979. The quantitative estimate of drug-likeness (QED) is 0.646. The van der Waals surface area contributed by atoms with Crippen LogP contribution in [0, 0.1) is 22.7 Å². The van der Waals surface area contributed by atoms with Gasteiger partial charge in [0.15, 0.2) is 5.92 Å². The highest BCUT2D eigenvalue weighted by Crippen LogP contribution is 2.10. The highest BCUT2D eigenvalue weighted by Gasteiger charge is 2.10. The summed E-state index contributed by atoms with van der Waals surface area (Å²) in [6.07, 6.45) is 1.29. The van der Waals surface area contributed by atoms with Crippen molar-refractivity contribution in [2.75, 3.05) is 0 Å². The summed E-state index contributed by atoms with van der Waals surface area (Å²) >= 11 is 4.66. The molecule has 1 rings (SSSR count). The van der Waals surface area contributed by atoms with Gasteiger partial charge in [0.1, 0.15) is 6.33 Å². The Hall–Kier alpha value is -1.85. The number of hydrogen-bond donors (Lipinski definition) is 0. The zero-order valence-electron chi connectivity index (χ0n) is 6.51. The Kier molecular flexibility index (Phi) is 3.02. The van der Waals surface area contributed by atoms with Crippen molar-refractivity contribution in [3.05, 3.63) is 23.8 Å². The molecule has 0 unspecified atom stereocenters. The van der Waals surface area contributed by atoms with Crippen LogP contribution < -0.4 is 0 Å². The maximum absolute atomic E-state index is 8.57. The first-order valence-corrected chi connectivity index (χ1v) is 3.85. The average Bonchev–Trinajstić information content (AvgIpc) is 2.20. The third kappa shape index (κ3) is 2.05.